The zero-order valence-corrected chi connectivity index (χ0v) is 19.0. The molecule has 0 aromatic heterocycles. The Kier molecular flexibility index (Phi) is 6.75. The van der Waals surface area contributed by atoms with Crippen molar-refractivity contribution in [1.82, 2.24) is 9.80 Å². The maximum Gasteiger partial charge on any atom is 0.410 e. The molecule has 2 aliphatic heterocycles. The van der Waals surface area contributed by atoms with Crippen LogP contribution in [0.25, 0.3) is 0 Å². The average Bonchev–Trinajstić information content (AvgIpc) is 3.27. The molecule has 0 unspecified atom stereocenters. The summed E-state index contributed by atoms with van der Waals surface area (Å²) in [6.07, 6.45) is 1.70. The lowest BCUT2D eigenvalue weighted by atomic mass is 9.86. The van der Waals surface area contributed by atoms with Crippen molar-refractivity contribution in [2.75, 3.05) is 26.2 Å². The molecule has 1 aromatic carbocycles. The first-order valence-electron chi connectivity index (χ1n) is 11.0. The van der Waals surface area contributed by atoms with Crippen molar-refractivity contribution in [2.45, 2.75) is 65.7 Å². The normalized spacial score (nSPS) is 23.2. The Bertz CT molecular complexity index is 743. The summed E-state index contributed by atoms with van der Waals surface area (Å²) >= 11 is 0. The fourth-order valence-corrected chi connectivity index (χ4v) is 4.61. The summed E-state index contributed by atoms with van der Waals surface area (Å²) < 4.78 is 11.2. The molecule has 0 saturated carbocycles. The molecule has 2 aliphatic rings. The van der Waals surface area contributed by atoms with Crippen LogP contribution in [0.2, 0.25) is 0 Å². The predicted molar refractivity (Wildman–Crippen MR) is 116 cm³/mol. The predicted octanol–water partition coefficient (Wildman–Crippen LogP) is 4.09. The van der Waals surface area contributed by atoms with Crippen LogP contribution in [-0.4, -0.2) is 59.7 Å². The number of benzene rings is 1. The highest BCUT2D eigenvalue weighted by atomic mass is 16.6. The first kappa shape index (κ1) is 22.6. The number of rotatable bonds is 5. The third-order valence-corrected chi connectivity index (χ3v) is 6.05. The minimum absolute atomic E-state index is 0.0454. The summed E-state index contributed by atoms with van der Waals surface area (Å²) in [5.74, 6) is -0.000293. The molecule has 0 radical (unpaired) electrons. The molecule has 3 rings (SSSR count). The van der Waals surface area contributed by atoms with E-state index in [4.69, 9.17) is 9.47 Å². The number of esters is 1. The highest BCUT2D eigenvalue weighted by molar-refractivity contribution is 5.76. The van der Waals surface area contributed by atoms with Gasteiger partial charge in [0.1, 0.15) is 18.2 Å². The summed E-state index contributed by atoms with van der Waals surface area (Å²) in [5, 5.41) is 0. The molecule has 2 heterocycles. The fourth-order valence-electron chi connectivity index (χ4n) is 4.61. The summed E-state index contributed by atoms with van der Waals surface area (Å²) in [4.78, 5) is 29.5. The second-order valence-electron chi connectivity index (χ2n) is 10.2. The van der Waals surface area contributed by atoms with E-state index in [1.54, 1.807) is 0 Å². The van der Waals surface area contributed by atoms with E-state index in [9.17, 15) is 9.59 Å². The summed E-state index contributed by atoms with van der Waals surface area (Å²) in [7, 11) is 0. The van der Waals surface area contributed by atoms with Gasteiger partial charge in [-0.2, -0.15) is 0 Å². The Labute approximate surface area is 180 Å². The number of ether oxygens (including phenoxy) is 2. The summed E-state index contributed by atoms with van der Waals surface area (Å²) in [5.41, 5.74) is 0.554. The van der Waals surface area contributed by atoms with Gasteiger partial charge in [0.05, 0.1) is 0 Å². The lowest BCUT2D eigenvalue weighted by Gasteiger charge is -2.31. The zero-order chi connectivity index (χ0) is 21.9. The number of nitrogens with zero attached hydrogens (tertiary/aromatic N) is 2. The first-order valence-corrected chi connectivity index (χ1v) is 11.0. The van der Waals surface area contributed by atoms with Gasteiger partial charge in [-0.3, -0.25) is 9.69 Å². The van der Waals surface area contributed by atoms with Crippen LogP contribution in [0.1, 0.15) is 53.0 Å². The van der Waals surface area contributed by atoms with E-state index in [-0.39, 0.29) is 29.4 Å². The molecule has 0 bridgehead atoms. The molecule has 2 fully saturated rings. The van der Waals surface area contributed by atoms with E-state index in [1.165, 1.54) is 0 Å². The molecule has 6 heteroatoms. The minimum atomic E-state index is -0.486. The number of carbonyl (C=O) groups is 2. The third kappa shape index (κ3) is 5.54. The van der Waals surface area contributed by atoms with Gasteiger partial charge in [0.25, 0.3) is 0 Å². The van der Waals surface area contributed by atoms with Crippen molar-refractivity contribution >= 4 is 12.1 Å². The maximum absolute atomic E-state index is 12.9. The largest absolute Gasteiger partial charge is 0.460 e. The quantitative estimate of drug-likeness (QED) is 0.677. The Morgan fingerprint density at radius 2 is 1.73 bits per heavy atom. The monoisotopic (exact) mass is 416 g/mol. The molecule has 2 atom stereocenters. The van der Waals surface area contributed by atoms with E-state index in [1.807, 2.05) is 56.0 Å². The molecule has 6 nitrogen and oxygen atoms in total. The molecule has 2 saturated heterocycles. The van der Waals surface area contributed by atoms with Gasteiger partial charge in [-0.15, -0.1) is 0 Å². The number of amides is 1. The fraction of sp³-hybridized carbons (Fsp3) is 0.667. The van der Waals surface area contributed by atoms with Crippen LogP contribution >= 0.6 is 0 Å². The van der Waals surface area contributed by atoms with Gasteiger partial charge in [0.15, 0.2) is 0 Å². The molecule has 166 valence electrons. The number of hydrogen-bond acceptors (Lipinski definition) is 5. The molecule has 30 heavy (non-hydrogen) atoms. The SMILES string of the molecule is CC(C)[C@@H](C(=O)OCc1ccccc1)N1CC[C@]2(CCN(C(=O)OC(C)(C)C)C2)C1. The molecule has 1 aromatic rings. The third-order valence-electron chi connectivity index (χ3n) is 6.05. The summed E-state index contributed by atoms with van der Waals surface area (Å²) in [6, 6.07) is 9.52. The number of hydrogen-bond donors (Lipinski definition) is 0. The van der Waals surface area contributed by atoms with Crippen molar-refractivity contribution in [1.29, 1.82) is 0 Å². The Morgan fingerprint density at radius 3 is 2.37 bits per heavy atom. The van der Waals surface area contributed by atoms with Gasteiger partial charge >= 0.3 is 12.1 Å². The first-order chi connectivity index (χ1) is 14.1. The molecule has 1 amide bonds. The van der Waals surface area contributed by atoms with E-state index in [0.717, 1.165) is 31.5 Å². The molecular formula is C24H36N2O4. The smallest absolute Gasteiger partial charge is 0.410 e. The summed E-state index contributed by atoms with van der Waals surface area (Å²) in [6.45, 7) is 13.2. The van der Waals surface area contributed by atoms with Crippen LogP contribution < -0.4 is 0 Å². The highest BCUT2D eigenvalue weighted by Gasteiger charge is 2.48. The van der Waals surface area contributed by atoms with Crippen molar-refractivity contribution < 1.29 is 19.1 Å². The maximum atomic E-state index is 12.9. The van der Waals surface area contributed by atoms with E-state index in [2.05, 4.69) is 18.7 Å². The number of carbonyl (C=O) groups excluding carboxylic acids is 2. The highest BCUT2D eigenvalue weighted by Crippen LogP contribution is 2.41. The van der Waals surface area contributed by atoms with Crippen molar-refractivity contribution in [3.63, 3.8) is 0 Å². The van der Waals surface area contributed by atoms with E-state index >= 15 is 0 Å². The van der Waals surface area contributed by atoms with Crippen LogP contribution in [0.3, 0.4) is 0 Å². The Hall–Kier alpha value is -2.08. The van der Waals surface area contributed by atoms with E-state index in [0.29, 0.717) is 19.7 Å². The van der Waals surface area contributed by atoms with E-state index < -0.39 is 5.60 Å². The Balaban J connectivity index is 1.59. The van der Waals surface area contributed by atoms with Crippen LogP contribution in [-0.2, 0) is 20.9 Å². The average molecular weight is 417 g/mol. The van der Waals surface area contributed by atoms with Gasteiger partial charge in [-0.1, -0.05) is 44.2 Å². The van der Waals surface area contributed by atoms with Crippen LogP contribution in [0.5, 0.6) is 0 Å². The van der Waals surface area contributed by atoms with Crippen LogP contribution in [0.15, 0.2) is 30.3 Å². The zero-order valence-electron chi connectivity index (χ0n) is 19.0. The van der Waals surface area contributed by atoms with Crippen LogP contribution in [0.4, 0.5) is 4.79 Å². The van der Waals surface area contributed by atoms with Gasteiger partial charge in [0.2, 0.25) is 0 Å². The van der Waals surface area contributed by atoms with Gasteiger partial charge in [-0.05, 0) is 51.6 Å². The lowest BCUT2D eigenvalue weighted by molar-refractivity contribution is -0.153. The van der Waals surface area contributed by atoms with Crippen molar-refractivity contribution in [2.24, 2.45) is 11.3 Å². The second-order valence-corrected chi connectivity index (χ2v) is 10.2. The molecular weight excluding hydrogens is 380 g/mol. The lowest BCUT2D eigenvalue weighted by Crippen LogP contribution is -2.45. The van der Waals surface area contributed by atoms with Gasteiger partial charge < -0.3 is 14.4 Å². The Morgan fingerprint density at radius 1 is 1.07 bits per heavy atom. The van der Waals surface area contributed by atoms with Crippen molar-refractivity contribution in [3.8, 4) is 0 Å². The van der Waals surface area contributed by atoms with Crippen LogP contribution in [0, 0.1) is 11.3 Å². The molecule has 0 N–H and O–H groups in total. The van der Waals surface area contributed by atoms with Gasteiger partial charge in [-0.25, -0.2) is 4.79 Å². The molecule has 0 aliphatic carbocycles. The minimum Gasteiger partial charge on any atom is -0.460 e. The number of likely N-dealkylation sites (tertiary alicyclic amines) is 2. The van der Waals surface area contributed by atoms with Gasteiger partial charge in [0, 0.05) is 25.0 Å². The molecule has 1 spiro atoms. The topological polar surface area (TPSA) is 59.1 Å². The second kappa shape index (κ2) is 8.96. The van der Waals surface area contributed by atoms with Crippen molar-refractivity contribution in [3.05, 3.63) is 35.9 Å². The standard InChI is InChI=1S/C24H36N2O4/c1-18(2)20(21(27)29-15-19-9-7-6-8-10-19)25-13-11-24(16-25)12-14-26(17-24)22(28)30-23(3,4)5/h6-10,18,20H,11-17H2,1-5H3/t20-,24-/m0/s1.